The summed E-state index contributed by atoms with van der Waals surface area (Å²) < 4.78 is 44.9. The van der Waals surface area contributed by atoms with Gasteiger partial charge in [0.05, 0.1) is 6.61 Å². The molecule has 2 amide bonds. The van der Waals surface area contributed by atoms with Crippen LogP contribution in [-0.4, -0.2) is 53.4 Å². The number of nitrogens with two attached hydrogens (primary N) is 1. The van der Waals surface area contributed by atoms with Crippen molar-refractivity contribution in [1.82, 2.24) is 15.6 Å². The summed E-state index contributed by atoms with van der Waals surface area (Å²) in [5.41, 5.74) is 3.46. The number of benzene rings is 1. The number of carbonyl (C=O) groups excluding carboxylic acids is 2. The number of rotatable bonds is 7. The Balaban J connectivity index is 1.82. The standard InChI is InChI=1S/C21H22F3N5O4/c1-26-16(18(31)29-20(11-30)6-8-28-19(20)32)14-9-13(4-5-15(14)25)33-10-12-3-2-7-27-17(12)21(22,23)24/h2-5,7,9,30H,6,8,10-11,25H2,1H3,(H,28,32)(H,29,31). The maximum atomic E-state index is 13.1. The highest BCUT2D eigenvalue weighted by Gasteiger charge is 2.44. The molecule has 1 atom stereocenters. The third kappa shape index (κ3) is 5.06. The molecule has 1 saturated heterocycles. The molecule has 1 aliphatic rings. The SMILES string of the molecule is CN=C(C(=O)NC1(CO)CCNC1=O)c1cc(OCc2cccnc2C(F)(F)F)ccc1N. The van der Waals surface area contributed by atoms with Crippen molar-refractivity contribution in [1.29, 1.82) is 0 Å². The van der Waals surface area contributed by atoms with Crippen molar-refractivity contribution < 1.29 is 32.6 Å². The topological polar surface area (TPSA) is 139 Å². The molecule has 1 aromatic heterocycles. The average molecular weight is 465 g/mol. The Morgan fingerprint density at radius 2 is 2.15 bits per heavy atom. The van der Waals surface area contributed by atoms with E-state index in [2.05, 4.69) is 20.6 Å². The number of halogens is 3. The molecular weight excluding hydrogens is 443 g/mol. The van der Waals surface area contributed by atoms with E-state index in [9.17, 15) is 27.9 Å². The number of alkyl halides is 3. The fourth-order valence-corrected chi connectivity index (χ4v) is 3.40. The summed E-state index contributed by atoms with van der Waals surface area (Å²) in [7, 11) is 1.34. The first-order chi connectivity index (χ1) is 15.6. The summed E-state index contributed by atoms with van der Waals surface area (Å²) in [5.74, 6) is -1.13. The van der Waals surface area contributed by atoms with Crippen molar-refractivity contribution in [2.75, 3.05) is 25.9 Å². The van der Waals surface area contributed by atoms with Gasteiger partial charge in [0, 0.05) is 36.6 Å². The van der Waals surface area contributed by atoms with Crippen LogP contribution >= 0.6 is 0 Å². The van der Waals surface area contributed by atoms with Crippen LogP contribution in [0.1, 0.15) is 23.2 Å². The van der Waals surface area contributed by atoms with Crippen molar-refractivity contribution in [2.24, 2.45) is 4.99 Å². The van der Waals surface area contributed by atoms with E-state index in [-0.39, 0.29) is 41.2 Å². The summed E-state index contributed by atoms with van der Waals surface area (Å²) in [6.07, 6.45) is -3.40. The van der Waals surface area contributed by atoms with Gasteiger partial charge in [-0.1, -0.05) is 6.07 Å². The lowest BCUT2D eigenvalue weighted by Crippen LogP contribution is -2.57. The monoisotopic (exact) mass is 465 g/mol. The predicted molar refractivity (Wildman–Crippen MR) is 112 cm³/mol. The highest BCUT2D eigenvalue weighted by molar-refractivity contribution is 6.46. The van der Waals surface area contributed by atoms with Gasteiger partial charge >= 0.3 is 6.18 Å². The molecular formula is C21H22F3N5O4. The Bertz CT molecular complexity index is 1090. The lowest BCUT2D eigenvalue weighted by atomic mass is 9.97. The Hall–Kier alpha value is -3.67. The number of aliphatic hydroxyl groups is 1. The first-order valence-electron chi connectivity index (χ1n) is 9.83. The third-order valence-electron chi connectivity index (χ3n) is 5.17. The van der Waals surface area contributed by atoms with Gasteiger partial charge in [0.25, 0.3) is 5.91 Å². The van der Waals surface area contributed by atoms with Crippen molar-refractivity contribution in [3.8, 4) is 5.75 Å². The van der Waals surface area contributed by atoms with Crippen molar-refractivity contribution in [3.05, 3.63) is 53.3 Å². The average Bonchev–Trinajstić information content (AvgIpc) is 3.14. The third-order valence-corrected chi connectivity index (χ3v) is 5.17. The van der Waals surface area contributed by atoms with E-state index in [0.717, 1.165) is 6.20 Å². The molecule has 176 valence electrons. The van der Waals surface area contributed by atoms with E-state index in [1.807, 2.05) is 0 Å². The van der Waals surface area contributed by atoms with Crippen molar-refractivity contribution in [2.45, 2.75) is 24.7 Å². The number of nitrogens with one attached hydrogen (secondary N) is 2. The number of pyridine rings is 1. The van der Waals surface area contributed by atoms with Gasteiger partial charge in [-0.25, -0.2) is 0 Å². The van der Waals surface area contributed by atoms with Crippen LogP contribution in [-0.2, 0) is 22.4 Å². The number of aliphatic imine (C=N–C) groups is 1. The molecule has 1 aromatic carbocycles. The number of nitrogen functional groups attached to an aromatic ring is 1. The smallest absolute Gasteiger partial charge is 0.433 e. The maximum Gasteiger partial charge on any atom is 0.433 e. The van der Waals surface area contributed by atoms with Gasteiger partial charge in [-0.3, -0.25) is 19.6 Å². The minimum Gasteiger partial charge on any atom is -0.489 e. The van der Waals surface area contributed by atoms with Crippen LogP contribution in [0.4, 0.5) is 18.9 Å². The summed E-state index contributed by atoms with van der Waals surface area (Å²) >= 11 is 0. The number of hydrogen-bond donors (Lipinski definition) is 4. The molecule has 1 fully saturated rings. The minimum absolute atomic E-state index is 0.136. The van der Waals surface area contributed by atoms with Gasteiger partial charge in [0.2, 0.25) is 5.91 Å². The summed E-state index contributed by atoms with van der Waals surface area (Å²) in [6.45, 7) is -0.741. The summed E-state index contributed by atoms with van der Waals surface area (Å²) in [5, 5.41) is 14.7. The summed E-state index contributed by atoms with van der Waals surface area (Å²) in [4.78, 5) is 32.3. The Morgan fingerprint density at radius 3 is 2.76 bits per heavy atom. The molecule has 33 heavy (non-hydrogen) atoms. The van der Waals surface area contributed by atoms with Crippen LogP contribution in [0.15, 0.2) is 41.5 Å². The van der Waals surface area contributed by atoms with Crippen LogP contribution in [0, 0.1) is 0 Å². The quantitative estimate of drug-likeness (QED) is 0.356. The van der Waals surface area contributed by atoms with E-state index in [1.165, 1.54) is 37.4 Å². The number of amides is 2. The lowest BCUT2D eigenvalue weighted by molar-refractivity contribution is -0.142. The van der Waals surface area contributed by atoms with E-state index in [4.69, 9.17) is 10.5 Å². The van der Waals surface area contributed by atoms with Gasteiger partial charge in [-0.2, -0.15) is 13.2 Å². The number of aromatic nitrogens is 1. The number of ether oxygens (including phenoxy) is 1. The molecule has 0 aliphatic carbocycles. The normalized spacial score (nSPS) is 18.7. The molecule has 1 unspecified atom stereocenters. The maximum absolute atomic E-state index is 13.1. The van der Waals surface area contributed by atoms with E-state index in [1.54, 1.807) is 0 Å². The highest BCUT2D eigenvalue weighted by atomic mass is 19.4. The number of aliphatic hydroxyl groups excluding tert-OH is 1. The molecule has 5 N–H and O–H groups in total. The molecule has 1 aliphatic heterocycles. The van der Waals surface area contributed by atoms with Crippen LogP contribution in [0.25, 0.3) is 0 Å². The molecule has 2 aromatic rings. The Morgan fingerprint density at radius 1 is 1.39 bits per heavy atom. The fourth-order valence-electron chi connectivity index (χ4n) is 3.40. The van der Waals surface area contributed by atoms with Crippen LogP contribution in [0.2, 0.25) is 0 Å². The number of carbonyl (C=O) groups is 2. The van der Waals surface area contributed by atoms with Gasteiger partial charge < -0.3 is 26.2 Å². The fraction of sp³-hybridized carbons (Fsp3) is 0.333. The molecule has 9 nitrogen and oxygen atoms in total. The van der Waals surface area contributed by atoms with Gasteiger partial charge in [-0.05, 0) is 30.7 Å². The van der Waals surface area contributed by atoms with E-state index < -0.39 is 42.4 Å². The largest absolute Gasteiger partial charge is 0.489 e. The van der Waals surface area contributed by atoms with Gasteiger partial charge in [-0.15, -0.1) is 0 Å². The zero-order valence-electron chi connectivity index (χ0n) is 17.6. The first kappa shape index (κ1) is 24.0. The summed E-state index contributed by atoms with van der Waals surface area (Å²) in [6, 6.07) is 6.84. The molecule has 0 saturated carbocycles. The zero-order chi connectivity index (χ0) is 24.2. The Labute approximate surface area is 186 Å². The van der Waals surface area contributed by atoms with Crippen LogP contribution in [0.3, 0.4) is 0 Å². The molecule has 0 radical (unpaired) electrons. The van der Waals surface area contributed by atoms with Crippen molar-refractivity contribution >= 4 is 23.2 Å². The minimum atomic E-state index is -4.64. The lowest BCUT2D eigenvalue weighted by Gasteiger charge is -2.25. The van der Waals surface area contributed by atoms with Crippen LogP contribution in [0.5, 0.6) is 5.75 Å². The number of nitrogens with zero attached hydrogens (tertiary/aromatic N) is 2. The molecule has 3 rings (SSSR count). The second-order valence-electron chi connectivity index (χ2n) is 7.32. The zero-order valence-corrected chi connectivity index (χ0v) is 17.6. The van der Waals surface area contributed by atoms with E-state index in [0.29, 0.717) is 0 Å². The van der Waals surface area contributed by atoms with Crippen molar-refractivity contribution in [3.63, 3.8) is 0 Å². The van der Waals surface area contributed by atoms with Crippen LogP contribution < -0.4 is 21.1 Å². The molecule has 0 bridgehead atoms. The molecule has 2 heterocycles. The number of hydrogen-bond acceptors (Lipinski definition) is 7. The number of anilines is 1. The molecule has 0 spiro atoms. The van der Waals surface area contributed by atoms with Gasteiger partial charge in [0.15, 0.2) is 5.69 Å². The predicted octanol–water partition coefficient (Wildman–Crippen LogP) is 1.05. The van der Waals surface area contributed by atoms with Gasteiger partial charge in [0.1, 0.15) is 23.6 Å². The second kappa shape index (κ2) is 9.45. The first-order valence-corrected chi connectivity index (χ1v) is 9.83. The Kier molecular flexibility index (Phi) is 6.86. The molecule has 12 heteroatoms. The van der Waals surface area contributed by atoms with E-state index >= 15 is 0 Å². The highest BCUT2D eigenvalue weighted by Crippen LogP contribution is 2.31. The second-order valence-corrected chi connectivity index (χ2v) is 7.32.